The van der Waals surface area contributed by atoms with Gasteiger partial charge in [0.2, 0.25) is 5.91 Å². The fourth-order valence-electron chi connectivity index (χ4n) is 2.57. The molecule has 0 radical (unpaired) electrons. The van der Waals surface area contributed by atoms with Crippen LogP contribution in [0.15, 0.2) is 42.5 Å². The van der Waals surface area contributed by atoms with Gasteiger partial charge >= 0.3 is 0 Å². The van der Waals surface area contributed by atoms with Crippen LogP contribution in [0.25, 0.3) is 0 Å². The number of nitrogens with zero attached hydrogens (tertiary/aromatic N) is 1. The lowest BCUT2D eigenvalue weighted by molar-refractivity contribution is -0.124. The van der Waals surface area contributed by atoms with Crippen molar-refractivity contribution in [1.82, 2.24) is 10.2 Å². The minimum absolute atomic E-state index is 0.00714. The summed E-state index contributed by atoms with van der Waals surface area (Å²) >= 11 is 13.1. The Labute approximate surface area is 164 Å². The van der Waals surface area contributed by atoms with E-state index in [1.54, 1.807) is 35.2 Å². The molecule has 3 rings (SSSR count). The van der Waals surface area contributed by atoms with E-state index in [2.05, 4.69) is 5.32 Å². The highest BCUT2D eigenvalue weighted by atomic mass is 35.5. The molecule has 1 atom stereocenters. The fourth-order valence-corrected chi connectivity index (χ4v) is 4.06. The average Bonchev–Trinajstić information content (AvgIpc) is 3.12. The zero-order chi connectivity index (χ0) is 18.7. The third kappa shape index (κ3) is 4.31. The van der Waals surface area contributed by atoms with Crippen molar-refractivity contribution in [3.8, 4) is 0 Å². The number of rotatable bonds is 4. The van der Waals surface area contributed by atoms with Crippen molar-refractivity contribution in [3.05, 3.63) is 69.5 Å². The van der Waals surface area contributed by atoms with E-state index in [0.29, 0.717) is 27.8 Å². The van der Waals surface area contributed by atoms with Crippen LogP contribution in [0, 0.1) is 5.82 Å². The van der Waals surface area contributed by atoms with Crippen LogP contribution in [0.4, 0.5) is 4.39 Å². The lowest BCUT2D eigenvalue weighted by Gasteiger charge is -2.23. The Morgan fingerprint density at radius 1 is 1.19 bits per heavy atom. The number of halogens is 3. The van der Waals surface area contributed by atoms with E-state index in [9.17, 15) is 14.0 Å². The van der Waals surface area contributed by atoms with Crippen molar-refractivity contribution in [2.75, 3.05) is 11.6 Å². The third-order valence-electron chi connectivity index (χ3n) is 3.99. The molecule has 1 unspecified atom stereocenters. The van der Waals surface area contributed by atoms with Gasteiger partial charge in [-0.25, -0.2) is 4.39 Å². The summed E-state index contributed by atoms with van der Waals surface area (Å²) in [5.74, 6) is 0.000130. The summed E-state index contributed by atoms with van der Waals surface area (Å²) in [7, 11) is 0. The van der Waals surface area contributed by atoms with Gasteiger partial charge in [0.05, 0.1) is 10.9 Å². The molecule has 1 aliphatic rings. The van der Waals surface area contributed by atoms with E-state index in [1.165, 1.54) is 23.9 Å². The van der Waals surface area contributed by atoms with Gasteiger partial charge in [-0.05, 0) is 42.0 Å². The largest absolute Gasteiger partial charge is 0.350 e. The van der Waals surface area contributed by atoms with Crippen molar-refractivity contribution in [3.63, 3.8) is 0 Å². The molecule has 0 saturated carbocycles. The van der Waals surface area contributed by atoms with E-state index < -0.39 is 11.9 Å². The average molecular weight is 413 g/mol. The van der Waals surface area contributed by atoms with Gasteiger partial charge < -0.3 is 10.2 Å². The maximum absolute atomic E-state index is 13.2. The lowest BCUT2D eigenvalue weighted by atomic mass is 10.1. The molecule has 0 spiro atoms. The molecule has 0 bridgehead atoms. The number of nitrogens with one attached hydrogen (secondary N) is 1. The number of amides is 2. The normalized spacial score (nSPS) is 16.6. The molecule has 8 heteroatoms. The molecule has 1 saturated heterocycles. The smallest absolute Gasteiger partial charge is 0.255 e. The predicted octanol–water partition coefficient (Wildman–Crippen LogP) is 3.96. The summed E-state index contributed by atoms with van der Waals surface area (Å²) in [4.78, 5) is 26.7. The van der Waals surface area contributed by atoms with Crippen molar-refractivity contribution < 1.29 is 14.0 Å². The van der Waals surface area contributed by atoms with Crippen LogP contribution in [-0.4, -0.2) is 34.4 Å². The molecule has 0 aliphatic carbocycles. The van der Waals surface area contributed by atoms with Crippen LogP contribution in [0.2, 0.25) is 10.0 Å². The predicted molar refractivity (Wildman–Crippen MR) is 102 cm³/mol. The molecular formula is C18H15Cl2FN2O2S. The molecule has 0 aromatic heterocycles. The summed E-state index contributed by atoms with van der Waals surface area (Å²) in [6.45, 7) is 0.211. The van der Waals surface area contributed by atoms with Gasteiger partial charge in [0.15, 0.2) is 0 Å². The zero-order valence-electron chi connectivity index (χ0n) is 13.5. The Balaban J connectivity index is 1.65. The van der Waals surface area contributed by atoms with Crippen molar-refractivity contribution in [2.45, 2.75) is 12.6 Å². The Bertz CT molecular complexity index is 832. The molecular weight excluding hydrogens is 398 g/mol. The first-order valence-corrected chi connectivity index (χ1v) is 9.72. The molecule has 2 amide bonds. The van der Waals surface area contributed by atoms with E-state index in [1.807, 2.05) is 0 Å². The molecule has 1 heterocycles. The van der Waals surface area contributed by atoms with Crippen LogP contribution < -0.4 is 5.32 Å². The highest BCUT2D eigenvalue weighted by Gasteiger charge is 2.34. The zero-order valence-corrected chi connectivity index (χ0v) is 15.9. The highest BCUT2D eigenvalue weighted by Crippen LogP contribution is 2.24. The molecule has 2 aromatic carbocycles. The minimum Gasteiger partial charge on any atom is -0.350 e. The molecule has 4 nitrogen and oxygen atoms in total. The van der Waals surface area contributed by atoms with E-state index in [0.717, 1.165) is 0 Å². The van der Waals surface area contributed by atoms with Crippen LogP contribution >= 0.6 is 35.0 Å². The maximum atomic E-state index is 13.2. The van der Waals surface area contributed by atoms with Crippen LogP contribution in [-0.2, 0) is 11.3 Å². The van der Waals surface area contributed by atoms with Gasteiger partial charge in [-0.15, -0.1) is 11.8 Å². The van der Waals surface area contributed by atoms with Crippen molar-refractivity contribution >= 4 is 46.8 Å². The molecule has 1 aliphatic heterocycles. The molecule has 26 heavy (non-hydrogen) atoms. The van der Waals surface area contributed by atoms with E-state index in [-0.39, 0.29) is 23.4 Å². The molecule has 1 fully saturated rings. The fraction of sp³-hybridized carbons (Fsp3) is 0.222. The number of carbonyl (C=O) groups is 2. The summed E-state index contributed by atoms with van der Waals surface area (Å²) in [6, 6.07) is 10.3. The number of thioether (sulfide) groups is 1. The molecule has 136 valence electrons. The second kappa shape index (κ2) is 8.29. The van der Waals surface area contributed by atoms with Gasteiger partial charge in [0.25, 0.3) is 5.91 Å². The Morgan fingerprint density at radius 3 is 2.62 bits per heavy atom. The number of benzene rings is 2. The Kier molecular flexibility index (Phi) is 6.06. The van der Waals surface area contributed by atoms with Crippen molar-refractivity contribution in [1.29, 1.82) is 0 Å². The highest BCUT2D eigenvalue weighted by molar-refractivity contribution is 7.99. The quantitative estimate of drug-likeness (QED) is 0.826. The second-order valence-corrected chi connectivity index (χ2v) is 7.61. The minimum atomic E-state index is -0.556. The number of carbonyl (C=O) groups excluding carboxylic acids is 2. The number of hydrogen-bond acceptors (Lipinski definition) is 3. The topological polar surface area (TPSA) is 49.4 Å². The SMILES string of the molecule is O=C(NCc1ccc(F)c(Cl)c1)C1CSCN1C(=O)c1ccc(Cl)cc1. The van der Waals surface area contributed by atoms with Gasteiger partial charge in [-0.3, -0.25) is 9.59 Å². The molecule has 1 N–H and O–H groups in total. The first kappa shape index (κ1) is 19.0. The third-order valence-corrected chi connectivity index (χ3v) is 5.54. The summed E-state index contributed by atoms with van der Waals surface area (Å²) in [5, 5.41) is 3.34. The molecule has 2 aromatic rings. The number of hydrogen-bond donors (Lipinski definition) is 1. The van der Waals surface area contributed by atoms with Gasteiger partial charge in [0.1, 0.15) is 11.9 Å². The van der Waals surface area contributed by atoms with E-state index >= 15 is 0 Å². The Hall–Kier alpha value is -1.76. The summed E-state index contributed by atoms with van der Waals surface area (Å²) in [6.07, 6.45) is 0. The van der Waals surface area contributed by atoms with Crippen LogP contribution in [0.1, 0.15) is 15.9 Å². The van der Waals surface area contributed by atoms with Gasteiger partial charge in [0, 0.05) is 22.9 Å². The first-order chi connectivity index (χ1) is 12.5. The summed E-state index contributed by atoms with van der Waals surface area (Å²) < 4.78 is 13.2. The second-order valence-electron chi connectivity index (χ2n) is 5.76. The van der Waals surface area contributed by atoms with Crippen LogP contribution in [0.3, 0.4) is 0 Å². The van der Waals surface area contributed by atoms with Crippen LogP contribution in [0.5, 0.6) is 0 Å². The first-order valence-electron chi connectivity index (χ1n) is 7.81. The lowest BCUT2D eigenvalue weighted by Crippen LogP contribution is -2.47. The summed E-state index contributed by atoms with van der Waals surface area (Å²) in [5.41, 5.74) is 1.17. The van der Waals surface area contributed by atoms with Gasteiger partial charge in [-0.1, -0.05) is 29.3 Å². The van der Waals surface area contributed by atoms with Crippen molar-refractivity contribution in [2.24, 2.45) is 0 Å². The monoisotopic (exact) mass is 412 g/mol. The standard InChI is InChI=1S/C18H15Cl2FN2O2S/c19-13-4-2-12(3-5-13)18(25)23-10-26-9-16(23)17(24)22-8-11-1-6-15(21)14(20)7-11/h1-7,16H,8-10H2,(H,22,24). The van der Waals surface area contributed by atoms with Gasteiger partial charge in [-0.2, -0.15) is 0 Å². The van der Waals surface area contributed by atoms with E-state index in [4.69, 9.17) is 23.2 Å². The Morgan fingerprint density at radius 2 is 1.92 bits per heavy atom. The maximum Gasteiger partial charge on any atom is 0.255 e.